The van der Waals surface area contributed by atoms with Crippen molar-refractivity contribution in [3.05, 3.63) is 130 Å². The fourth-order valence-corrected chi connectivity index (χ4v) is 6.40. The van der Waals surface area contributed by atoms with Gasteiger partial charge >= 0.3 is 0 Å². The third-order valence-corrected chi connectivity index (χ3v) is 9.52. The van der Waals surface area contributed by atoms with Crippen LogP contribution in [0, 0.1) is 0 Å². The van der Waals surface area contributed by atoms with Crippen LogP contribution in [0.4, 0.5) is 5.69 Å². The number of rotatable bonds is 13. The maximum Gasteiger partial charge on any atom is 0.264 e. The Morgan fingerprint density at radius 1 is 0.795 bits per heavy atom. The zero-order valence-electron chi connectivity index (χ0n) is 24.6. The number of halogens is 2. The third-order valence-electron chi connectivity index (χ3n) is 7.24. The molecule has 7 nitrogen and oxygen atoms in total. The molecule has 0 aromatic heterocycles. The first kappa shape index (κ1) is 33.1. The molecular formula is C34H35Cl2N3O4S. The van der Waals surface area contributed by atoms with Crippen molar-refractivity contribution in [3.63, 3.8) is 0 Å². The van der Waals surface area contributed by atoms with Crippen LogP contribution >= 0.6 is 23.2 Å². The van der Waals surface area contributed by atoms with Gasteiger partial charge in [-0.2, -0.15) is 0 Å². The fourth-order valence-electron chi connectivity index (χ4n) is 4.66. The summed E-state index contributed by atoms with van der Waals surface area (Å²) in [4.78, 5) is 29.8. The summed E-state index contributed by atoms with van der Waals surface area (Å²) in [7, 11) is -4.20. The molecule has 0 bridgehead atoms. The Morgan fingerprint density at radius 3 is 2.05 bits per heavy atom. The first-order chi connectivity index (χ1) is 21.1. The Kier molecular flexibility index (Phi) is 11.4. The second-order valence-electron chi connectivity index (χ2n) is 10.5. The minimum absolute atomic E-state index is 0.0207. The van der Waals surface area contributed by atoms with Crippen LogP contribution in [0.2, 0.25) is 10.0 Å². The van der Waals surface area contributed by atoms with E-state index >= 15 is 0 Å². The molecular weight excluding hydrogens is 617 g/mol. The molecule has 4 rings (SSSR count). The van der Waals surface area contributed by atoms with E-state index in [0.717, 1.165) is 15.4 Å². The number of carbonyl (C=O) groups is 2. The van der Waals surface area contributed by atoms with E-state index in [2.05, 4.69) is 5.32 Å². The number of benzene rings is 4. The van der Waals surface area contributed by atoms with E-state index in [9.17, 15) is 18.0 Å². The molecule has 0 saturated carbocycles. The highest BCUT2D eigenvalue weighted by Gasteiger charge is 2.35. The second kappa shape index (κ2) is 15.2. The van der Waals surface area contributed by atoms with E-state index in [1.54, 1.807) is 60.7 Å². The molecule has 2 amide bonds. The topological polar surface area (TPSA) is 86.8 Å². The summed E-state index contributed by atoms with van der Waals surface area (Å²) >= 11 is 12.4. The molecule has 0 radical (unpaired) electrons. The summed E-state index contributed by atoms with van der Waals surface area (Å²) < 4.78 is 29.0. The van der Waals surface area contributed by atoms with Gasteiger partial charge in [0.25, 0.3) is 10.0 Å². The SMILES string of the molecule is CC[C@H](C)NC(=O)[C@H](Cc1ccccc1)N(Cc1ccc(Cl)cc1)C(=O)CN(c1cccc(Cl)c1)S(=O)(=O)c1ccccc1. The van der Waals surface area contributed by atoms with Crippen LogP contribution < -0.4 is 9.62 Å². The fraction of sp³-hybridized carbons (Fsp3) is 0.235. The Balaban J connectivity index is 1.80. The molecule has 0 spiro atoms. The smallest absolute Gasteiger partial charge is 0.264 e. The summed E-state index contributed by atoms with van der Waals surface area (Å²) in [5.74, 6) is -0.884. The van der Waals surface area contributed by atoms with Gasteiger partial charge in [0.1, 0.15) is 12.6 Å². The Labute approximate surface area is 269 Å². The lowest BCUT2D eigenvalue weighted by molar-refractivity contribution is -0.140. The van der Waals surface area contributed by atoms with Gasteiger partial charge in [0.15, 0.2) is 0 Å². The minimum Gasteiger partial charge on any atom is -0.352 e. The highest BCUT2D eigenvalue weighted by atomic mass is 35.5. The first-order valence-corrected chi connectivity index (χ1v) is 16.5. The summed E-state index contributed by atoms with van der Waals surface area (Å²) in [6, 6.07) is 29.6. The van der Waals surface area contributed by atoms with Crippen molar-refractivity contribution in [1.29, 1.82) is 0 Å². The molecule has 10 heteroatoms. The predicted octanol–water partition coefficient (Wildman–Crippen LogP) is 6.74. The van der Waals surface area contributed by atoms with Crippen LogP contribution in [0.3, 0.4) is 0 Å². The van der Waals surface area contributed by atoms with Crippen molar-refractivity contribution in [3.8, 4) is 0 Å². The maximum absolute atomic E-state index is 14.4. The van der Waals surface area contributed by atoms with Gasteiger partial charge in [0.05, 0.1) is 10.6 Å². The largest absolute Gasteiger partial charge is 0.352 e. The van der Waals surface area contributed by atoms with Gasteiger partial charge < -0.3 is 10.2 Å². The molecule has 230 valence electrons. The molecule has 1 N–H and O–H groups in total. The average Bonchev–Trinajstić information content (AvgIpc) is 3.03. The second-order valence-corrected chi connectivity index (χ2v) is 13.2. The zero-order valence-corrected chi connectivity index (χ0v) is 26.9. The van der Waals surface area contributed by atoms with E-state index in [0.29, 0.717) is 16.5 Å². The van der Waals surface area contributed by atoms with Crippen molar-refractivity contribution in [2.75, 3.05) is 10.8 Å². The molecule has 0 aliphatic heterocycles. The number of amides is 2. The zero-order chi connectivity index (χ0) is 31.7. The number of carbonyl (C=O) groups excluding carboxylic acids is 2. The molecule has 0 aliphatic carbocycles. The van der Waals surface area contributed by atoms with E-state index in [-0.39, 0.29) is 35.5 Å². The standard InChI is InChI=1S/C34H35Cl2N3O4S/c1-3-25(2)37-34(41)32(21-26-11-6-4-7-12-26)38(23-27-17-19-28(35)20-18-27)33(40)24-39(30-14-10-13-29(36)22-30)44(42,43)31-15-8-5-9-16-31/h4-20,22,25,32H,3,21,23-24H2,1-2H3,(H,37,41)/t25-,32-/m0/s1. The Morgan fingerprint density at radius 2 is 1.43 bits per heavy atom. The number of nitrogens with zero attached hydrogens (tertiary/aromatic N) is 2. The third kappa shape index (κ3) is 8.62. The molecule has 2 atom stereocenters. The van der Waals surface area contributed by atoms with Gasteiger partial charge in [0, 0.05) is 29.1 Å². The number of sulfonamides is 1. The van der Waals surface area contributed by atoms with Gasteiger partial charge in [-0.05, 0) is 66.9 Å². The van der Waals surface area contributed by atoms with Crippen molar-refractivity contribution < 1.29 is 18.0 Å². The summed E-state index contributed by atoms with van der Waals surface area (Å²) in [6.07, 6.45) is 0.928. The van der Waals surface area contributed by atoms with Crippen LogP contribution in [-0.2, 0) is 32.6 Å². The molecule has 0 heterocycles. The predicted molar refractivity (Wildman–Crippen MR) is 176 cm³/mol. The highest BCUT2D eigenvalue weighted by molar-refractivity contribution is 7.92. The Bertz CT molecular complexity index is 1650. The van der Waals surface area contributed by atoms with Crippen molar-refractivity contribution in [2.45, 2.75) is 50.2 Å². The van der Waals surface area contributed by atoms with E-state index < -0.39 is 28.5 Å². The van der Waals surface area contributed by atoms with Crippen molar-refractivity contribution in [1.82, 2.24) is 10.2 Å². The van der Waals surface area contributed by atoms with Gasteiger partial charge in [-0.3, -0.25) is 13.9 Å². The Hall–Kier alpha value is -3.85. The van der Waals surface area contributed by atoms with Crippen LogP contribution in [0.5, 0.6) is 0 Å². The number of anilines is 1. The van der Waals surface area contributed by atoms with Crippen LogP contribution in [0.25, 0.3) is 0 Å². The summed E-state index contributed by atoms with van der Waals surface area (Å²) in [5.41, 5.74) is 1.82. The van der Waals surface area contributed by atoms with Gasteiger partial charge in [-0.15, -0.1) is 0 Å². The van der Waals surface area contributed by atoms with Gasteiger partial charge in [-0.1, -0.05) is 96.9 Å². The van der Waals surface area contributed by atoms with Gasteiger partial charge in [-0.25, -0.2) is 8.42 Å². The van der Waals surface area contributed by atoms with Crippen molar-refractivity contribution in [2.24, 2.45) is 0 Å². The molecule has 0 saturated heterocycles. The van der Waals surface area contributed by atoms with Gasteiger partial charge in [0.2, 0.25) is 11.8 Å². The number of hydrogen-bond donors (Lipinski definition) is 1. The molecule has 0 aliphatic rings. The molecule has 4 aromatic carbocycles. The lowest BCUT2D eigenvalue weighted by Gasteiger charge is -2.34. The first-order valence-electron chi connectivity index (χ1n) is 14.3. The average molecular weight is 653 g/mol. The van der Waals surface area contributed by atoms with Crippen LogP contribution in [0.1, 0.15) is 31.4 Å². The van der Waals surface area contributed by atoms with E-state index in [1.165, 1.54) is 23.1 Å². The van der Waals surface area contributed by atoms with Crippen LogP contribution in [0.15, 0.2) is 114 Å². The quantitative estimate of drug-likeness (QED) is 0.173. The summed E-state index contributed by atoms with van der Waals surface area (Å²) in [5, 5.41) is 3.87. The number of hydrogen-bond acceptors (Lipinski definition) is 4. The lowest BCUT2D eigenvalue weighted by Crippen LogP contribution is -2.54. The molecule has 44 heavy (non-hydrogen) atoms. The van der Waals surface area contributed by atoms with E-state index in [1.807, 2.05) is 44.2 Å². The monoisotopic (exact) mass is 651 g/mol. The molecule has 4 aromatic rings. The highest BCUT2D eigenvalue weighted by Crippen LogP contribution is 2.27. The molecule has 0 unspecified atom stereocenters. The lowest BCUT2D eigenvalue weighted by atomic mass is 10.0. The minimum atomic E-state index is -4.20. The summed E-state index contributed by atoms with van der Waals surface area (Å²) in [6.45, 7) is 3.35. The normalized spacial score (nSPS) is 12.6. The molecule has 0 fully saturated rings. The van der Waals surface area contributed by atoms with E-state index in [4.69, 9.17) is 23.2 Å². The maximum atomic E-state index is 14.4. The van der Waals surface area contributed by atoms with Crippen LogP contribution in [-0.4, -0.2) is 43.8 Å². The number of nitrogens with one attached hydrogen (secondary N) is 1. The van der Waals surface area contributed by atoms with Crippen molar-refractivity contribution >= 4 is 50.7 Å².